The summed E-state index contributed by atoms with van der Waals surface area (Å²) in [4.78, 5) is 12.2. The summed E-state index contributed by atoms with van der Waals surface area (Å²) in [6.07, 6.45) is 2.75. The molecule has 7 heteroatoms. The van der Waals surface area contributed by atoms with Gasteiger partial charge in [-0.2, -0.15) is 0 Å². The Kier molecular flexibility index (Phi) is 7.23. The minimum Gasteiger partial charge on any atom is -0.355 e. The fourth-order valence-corrected chi connectivity index (χ4v) is 3.98. The maximum Gasteiger partial charge on any atom is 0.240 e. The van der Waals surface area contributed by atoms with E-state index in [1.165, 1.54) is 11.1 Å². The normalized spacial score (nSPS) is 11.2. The van der Waals surface area contributed by atoms with Crippen LogP contribution < -0.4 is 9.62 Å². The first-order chi connectivity index (χ1) is 12.3. The van der Waals surface area contributed by atoms with Gasteiger partial charge < -0.3 is 5.32 Å². The summed E-state index contributed by atoms with van der Waals surface area (Å²) in [5.41, 5.74) is 2.88. The summed E-state index contributed by atoms with van der Waals surface area (Å²) in [6.45, 7) is 2.30. The molecular weight excluding hydrogens is 416 g/mol. The Bertz CT molecular complexity index is 851. The van der Waals surface area contributed by atoms with Gasteiger partial charge in [0.1, 0.15) is 6.54 Å². The number of nitrogens with one attached hydrogen (secondary N) is 1. The second kappa shape index (κ2) is 9.19. The number of hydrogen-bond donors (Lipinski definition) is 1. The molecule has 0 saturated carbocycles. The fourth-order valence-electron chi connectivity index (χ4n) is 2.50. The molecule has 5 nitrogen and oxygen atoms in total. The molecule has 140 valence electrons. The maximum absolute atomic E-state index is 12.2. The van der Waals surface area contributed by atoms with E-state index in [9.17, 15) is 13.2 Å². The van der Waals surface area contributed by atoms with Crippen LogP contribution in [0.4, 0.5) is 5.69 Å². The van der Waals surface area contributed by atoms with Gasteiger partial charge >= 0.3 is 0 Å². The van der Waals surface area contributed by atoms with Crippen molar-refractivity contribution in [2.24, 2.45) is 0 Å². The summed E-state index contributed by atoms with van der Waals surface area (Å²) in [7, 11) is -3.57. The standard InChI is InChI=1S/C19H23BrN2O3S/c1-15-9-11-16(12-10-15)6-5-13-21-19(23)14-22(26(2,24)25)18-8-4-3-7-17(18)20/h3-4,7-12H,5-6,13-14H2,1-2H3,(H,21,23). The van der Waals surface area contributed by atoms with E-state index in [1.54, 1.807) is 24.3 Å². The highest BCUT2D eigenvalue weighted by Gasteiger charge is 2.22. The lowest BCUT2D eigenvalue weighted by molar-refractivity contribution is -0.119. The van der Waals surface area contributed by atoms with E-state index in [1.807, 2.05) is 6.92 Å². The quantitative estimate of drug-likeness (QED) is 0.643. The molecule has 2 rings (SSSR count). The first-order valence-electron chi connectivity index (χ1n) is 8.32. The van der Waals surface area contributed by atoms with Crippen molar-refractivity contribution in [2.45, 2.75) is 19.8 Å². The van der Waals surface area contributed by atoms with E-state index < -0.39 is 10.0 Å². The molecule has 1 amide bonds. The molecule has 0 aliphatic heterocycles. The lowest BCUT2D eigenvalue weighted by Gasteiger charge is -2.23. The highest BCUT2D eigenvalue weighted by Crippen LogP contribution is 2.27. The molecule has 0 fully saturated rings. The van der Waals surface area contributed by atoms with Crippen LogP contribution in [-0.2, 0) is 21.2 Å². The first-order valence-corrected chi connectivity index (χ1v) is 11.0. The number of carbonyl (C=O) groups excluding carboxylic acids is 1. The fraction of sp³-hybridized carbons (Fsp3) is 0.316. The van der Waals surface area contributed by atoms with Gasteiger partial charge in [0.05, 0.1) is 11.9 Å². The number of aryl methyl sites for hydroxylation is 2. The predicted octanol–water partition coefficient (Wildman–Crippen LogP) is 3.27. The maximum atomic E-state index is 12.2. The first kappa shape index (κ1) is 20.5. The van der Waals surface area contributed by atoms with Crippen molar-refractivity contribution in [3.63, 3.8) is 0 Å². The molecule has 0 bridgehead atoms. The molecule has 0 aromatic heterocycles. The Morgan fingerprint density at radius 1 is 1.12 bits per heavy atom. The van der Waals surface area contributed by atoms with Gasteiger partial charge in [-0.1, -0.05) is 42.0 Å². The van der Waals surface area contributed by atoms with Gasteiger partial charge in [0.15, 0.2) is 0 Å². The molecule has 0 aliphatic rings. The Morgan fingerprint density at radius 2 is 1.77 bits per heavy atom. The van der Waals surface area contributed by atoms with Gasteiger partial charge in [0.2, 0.25) is 15.9 Å². The van der Waals surface area contributed by atoms with Crippen LogP contribution in [-0.4, -0.2) is 33.7 Å². The molecular formula is C19H23BrN2O3S. The van der Waals surface area contributed by atoms with Crippen molar-refractivity contribution < 1.29 is 13.2 Å². The van der Waals surface area contributed by atoms with E-state index in [2.05, 4.69) is 45.5 Å². The Labute approximate surface area is 163 Å². The highest BCUT2D eigenvalue weighted by atomic mass is 79.9. The zero-order valence-corrected chi connectivity index (χ0v) is 17.3. The second-order valence-corrected chi connectivity index (χ2v) is 8.92. The molecule has 0 radical (unpaired) electrons. The molecule has 0 saturated heterocycles. The summed E-state index contributed by atoms with van der Waals surface area (Å²) in [5, 5.41) is 2.80. The van der Waals surface area contributed by atoms with Crippen LogP contribution in [0.1, 0.15) is 17.5 Å². The van der Waals surface area contributed by atoms with Crippen molar-refractivity contribution in [3.8, 4) is 0 Å². The van der Waals surface area contributed by atoms with Crippen LogP contribution in [0, 0.1) is 6.92 Å². The van der Waals surface area contributed by atoms with Crippen LogP contribution in [0.15, 0.2) is 53.0 Å². The summed E-state index contributed by atoms with van der Waals surface area (Å²) in [5.74, 6) is -0.324. The largest absolute Gasteiger partial charge is 0.355 e. The van der Waals surface area contributed by atoms with Crippen molar-refractivity contribution in [1.29, 1.82) is 0 Å². The van der Waals surface area contributed by atoms with Crippen LogP contribution in [0.25, 0.3) is 0 Å². The second-order valence-electron chi connectivity index (χ2n) is 6.16. The number of carbonyl (C=O) groups is 1. The number of rotatable bonds is 8. The Balaban J connectivity index is 1.89. The minimum absolute atomic E-state index is 0.244. The van der Waals surface area contributed by atoms with Gasteiger partial charge in [0, 0.05) is 11.0 Å². The SMILES string of the molecule is Cc1ccc(CCCNC(=O)CN(c2ccccc2Br)S(C)(=O)=O)cc1. The van der Waals surface area contributed by atoms with E-state index in [-0.39, 0.29) is 12.5 Å². The molecule has 1 N–H and O–H groups in total. The molecule has 0 aliphatic carbocycles. The number of anilines is 1. The zero-order valence-electron chi connectivity index (χ0n) is 14.9. The van der Waals surface area contributed by atoms with E-state index in [0.717, 1.165) is 23.4 Å². The molecule has 2 aromatic carbocycles. The van der Waals surface area contributed by atoms with Gasteiger partial charge in [-0.3, -0.25) is 9.10 Å². The number of para-hydroxylation sites is 1. The minimum atomic E-state index is -3.57. The van der Waals surface area contributed by atoms with Crippen molar-refractivity contribution in [2.75, 3.05) is 23.7 Å². The molecule has 0 atom stereocenters. The van der Waals surface area contributed by atoms with Crippen molar-refractivity contribution in [1.82, 2.24) is 5.32 Å². The number of amides is 1. The van der Waals surface area contributed by atoms with E-state index >= 15 is 0 Å². The van der Waals surface area contributed by atoms with E-state index in [4.69, 9.17) is 0 Å². The number of hydrogen-bond acceptors (Lipinski definition) is 3. The molecule has 0 unspecified atom stereocenters. The number of benzene rings is 2. The van der Waals surface area contributed by atoms with Gasteiger partial charge in [-0.05, 0) is 53.4 Å². The van der Waals surface area contributed by atoms with Gasteiger partial charge in [-0.15, -0.1) is 0 Å². The predicted molar refractivity (Wildman–Crippen MR) is 109 cm³/mol. The van der Waals surface area contributed by atoms with Crippen molar-refractivity contribution in [3.05, 3.63) is 64.1 Å². The smallest absolute Gasteiger partial charge is 0.240 e. The third-order valence-electron chi connectivity index (χ3n) is 3.89. The van der Waals surface area contributed by atoms with Gasteiger partial charge in [0.25, 0.3) is 0 Å². The summed E-state index contributed by atoms with van der Waals surface area (Å²) >= 11 is 3.34. The monoisotopic (exact) mass is 438 g/mol. The van der Waals surface area contributed by atoms with Crippen LogP contribution in [0.2, 0.25) is 0 Å². The third kappa shape index (κ3) is 6.14. The number of nitrogens with zero attached hydrogens (tertiary/aromatic N) is 1. The molecule has 0 heterocycles. The Morgan fingerprint density at radius 3 is 2.38 bits per heavy atom. The number of sulfonamides is 1. The molecule has 0 spiro atoms. The molecule has 2 aromatic rings. The highest BCUT2D eigenvalue weighted by molar-refractivity contribution is 9.10. The number of halogens is 1. The topological polar surface area (TPSA) is 66.5 Å². The third-order valence-corrected chi connectivity index (χ3v) is 5.69. The lowest BCUT2D eigenvalue weighted by Crippen LogP contribution is -2.40. The summed E-state index contributed by atoms with van der Waals surface area (Å²) in [6, 6.07) is 15.2. The summed E-state index contributed by atoms with van der Waals surface area (Å²) < 4.78 is 25.9. The van der Waals surface area contributed by atoms with Crippen LogP contribution in [0.3, 0.4) is 0 Å². The van der Waals surface area contributed by atoms with Crippen LogP contribution in [0.5, 0.6) is 0 Å². The van der Waals surface area contributed by atoms with E-state index in [0.29, 0.717) is 16.7 Å². The Hall–Kier alpha value is -1.86. The molecule has 26 heavy (non-hydrogen) atoms. The average Bonchev–Trinajstić information content (AvgIpc) is 2.58. The zero-order chi connectivity index (χ0) is 19.2. The van der Waals surface area contributed by atoms with Crippen molar-refractivity contribution >= 4 is 37.5 Å². The van der Waals surface area contributed by atoms with Crippen LogP contribution >= 0.6 is 15.9 Å². The van der Waals surface area contributed by atoms with Gasteiger partial charge in [-0.25, -0.2) is 8.42 Å². The lowest BCUT2D eigenvalue weighted by atomic mass is 10.1. The average molecular weight is 439 g/mol.